The largest absolute Gasteiger partial charge is 0.370 e. The van der Waals surface area contributed by atoms with Crippen molar-refractivity contribution in [2.75, 3.05) is 24.6 Å². The number of ether oxygens (including phenoxy) is 1. The van der Waals surface area contributed by atoms with Gasteiger partial charge in [-0.1, -0.05) is 0 Å². The summed E-state index contributed by atoms with van der Waals surface area (Å²) in [4.78, 5) is 25.4. The molecule has 0 radical (unpaired) electrons. The number of anilines is 1. The van der Waals surface area contributed by atoms with E-state index in [1.807, 2.05) is 19.3 Å². The lowest BCUT2D eigenvalue weighted by Gasteiger charge is -2.34. The fraction of sp³-hybridized carbons (Fsp3) is 0.583. The first kappa shape index (κ1) is 21.6. The first-order valence-corrected chi connectivity index (χ1v) is 12.1. The molecule has 0 spiro atoms. The third-order valence-electron chi connectivity index (χ3n) is 7.41. The average molecular weight is 471 g/mol. The summed E-state index contributed by atoms with van der Waals surface area (Å²) in [6, 6.07) is 1.84. The van der Waals surface area contributed by atoms with Crippen LogP contribution in [0.25, 0.3) is 10.9 Å². The van der Waals surface area contributed by atoms with Crippen LogP contribution in [-0.2, 0) is 24.8 Å². The zero-order valence-corrected chi connectivity index (χ0v) is 19.2. The van der Waals surface area contributed by atoms with Gasteiger partial charge in [0.1, 0.15) is 17.7 Å². The highest BCUT2D eigenvalue weighted by Gasteiger charge is 2.37. The number of hydrogen-bond acceptors (Lipinski definition) is 6. The normalized spacial score (nSPS) is 22.9. The lowest BCUT2D eigenvalue weighted by molar-refractivity contribution is -0.0384. The zero-order chi connectivity index (χ0) is 23.4. The van der Waals surface area contributed by atoms with Gasteiger partial charge in [-0.3, -0.25) is 14.0 Å². The minimum absolute atomic E-state index is 0.0550. The van der Waals surface area contributed by atoms with Crippen LogP contribution in [0.3, 0.4) is 0 Å². The van der Waals surface area contributed by atoms with Gasteiger partial charge in [0, 0.05) is 63.6 Å². The van der Waals surface area contributed by atoms with Crippen molar-refractivity contribution in [3.8, 4) is 0 Å². The van der Waals surface area contributed by atoms with Gasteiger partial charge < -0.3 is 9.64 Å². The fourth-order valence-corrected chi connectivity index (χ4v) is 5.52. The second-order valence-electron chi connectivity index (χ2n) is 9.73. The molecule has 1 saturated carbocycles. The number of rotatable bonds is 3. The first-order valence-electron chi connectivity index (χ1n) is 12.1. The number of hydrogen-bond donors (Lipinski definition) is 0. The highest BCUT2D eigenvalue weighted by Crippen LogP contribution is 2.42. The number of alkyl halides is 2. The van der Waals surface area contributed by atoms with Gasteiger partial charge in [-0.05, 0) is 25.3 Å². The molecule has 3 aromatic rings. The Morgan fingerprint density at radius 3 is 2.76 bits per heavy atom. The molecule has 2 fully saturated rings. The van der Waals surface area contributed by atoms with E-state index in [4.69, 9.17) is 14.7 Å². The molecule has 8 nitrogen and oxygen atoms in total. The summed E-state index contributed by atoms with van der Waals surface area (Å²) in [7, 11) is 1.87. The average Bonchev–Trinajstić information content (AvgIpc) is 3.48. The zero-order valence-electron chi connectivity index (χ0n) is 19.2. The van der Waals surface area contributed by atoms with Gasteiger partial charge in [0.2, 0.25) is 5.92 Å². The van der Waals surface area contributed by atoms with E-state index in [1.54, 1.807) is 15.4 Å². The summed E-state index contributed by atoms with van der Waals surface area (Å²) in [5, 5.41) is 4.79. The Morgan fingerprint density at radius 1 is 1.18 bits per heavy atom. The number of pyridine rings is 1. The number of nitrogens with zero attached hydrogens (tertiary/aromatic N) is 6. The molecule has 0 amide bonds. The molecule has 1 saturated heterocycles. The van der Waals surface area contributed by atoms with Crippen molar-refractivity contribution in [3.63, 3.8) is 0 Å². The smallest absolute Gasteiger partial charge is 0.261 e. The molecule has 34 heavy (non-hydrogen) atoms. The molecule has 2 aliphatic heterocycles. The van der Waals surface area contributed by atoms with E-state index in [9.17, 15) is 13.6 Å². The standard InChI is InChI=1S/C24H28F2N6O2/c1-30-13-16(12-27-30)18-14-31(9-10-34-18)20-11-17-22(28-19-3-2-8-32(19)23(17)33)21(29-20)15-4-6-24(25,26)7-5-15/h11-13,15,18H,2-10,14H2,1H3/t18-/m1/s1. The highest BCUT2D eigenvalue weighted by molar-refractivity contribution is 5.83. The second-order valence-corrected chi connectivity index (χ2v) is 9.73. The molecular formula is C24H28F2N6O2. The summed E-state index contributed by atoms with van der Waals surface area (Å²) in [6.07, 6.45) is 5.61. The van der Waals surface area contributed by atoms with Crippen molar-refractivity contribution in [1.82, 2.24) is 24.3 Å². The Balaban J connectivity index is 1.43. The van der Waals surface area contributed by atoms with Crippen LogP contribution in [0, 0.1) is 0 Å². The summed E-state index contributed by atoms with van der Waals surface area (Å²) in [6.45, 7) is 2.40. The van der Waals surface area contributed by atoms with Gasteiger partial charge in [-0.15, -0.1) is 0 Å². The van der Waals surface area contributed by atoms with Gasteiger partial charge >= 0.3 is 0 Å². The molecule has 180 valence electrons. The molecule has 0 aromatic carbocycles. The molecule has 0 bridgehead atoms. The van der Waals surface area contributed by atoms with Crippen molar-refractivity contribution in [1.29, 1.82) is 0 Å². The number of aromatic nitrogens is 5. The van der Waals surface area contributed by atoms with Crippen LogP contribution in [0.5, 0.6) is 0 Å². The number of halogens is 2. The SMILES string of the molecule is Cn1cc([C@H]2CN(c3cc4c(=O)n5c(nc4c(C4CCC(F)(F)CC4)n3)CCC5)CCO2)cn1. The Labute approximate surface area is 195 Å². The lowest BCUT2D eigenvalue weighted by atomic mass is 9.84. The van der Waals surface area contributed by atoms with E-state index in [0.717, 1.165) is 24.2 Å². The van der Waals surface area contributed by atoms with E-state index in [0.29, 0.717) is 61.5 Å². The van der Waals surface area contributed by atoms with E-state index >= 15 is 0 Å². The van der Waals surface area contributed by atoms with Gasteiger partial charge in [0.25, 0.3) is 5.56 Å². The molecule has 3 aliphatic rings. The van der Waals surface area contributed by atoms with Crippen molar-refractivity contribution >= 4 is 16.7 Å². The molecule has 1 atom stereocenters. The minimum Gasteiger partial charge on any atom is -0.370 e. The topological polar surface area (TPSA) is 78.1 Å². The predicted octanol–water partition coefficient (Wildman–Crippen LogP) is 3.34. The van der Waals surface area contributed by atoms with E-state index < -0.39 is 5.92 Å². The Hall–Kier alpha value is -2.88. The maximum absolute atomic E-state index is 13.9. The molecule has 0 unspecified atom stereocenters. The van der Waals surface area contributed by atoms with Gasteiger partial charge in [-0.25, -0.2) is 18.7 Å². The Kier molecular flexibility index (Phi) is 5.16. The van der Waals surface area contributed by atoms with E-state index in [2.05, 4.69) is 10.00 Å². The van der Waals surface area contributed by atoms with Crippen LogP contribution in [0.4, 0.5) is 14.6 Å². The second kappa shape index (κ2) is 8.11. The lowest BCUT2D eigenvalue weighted by Crippen LogP contribution is -2.39. The summed E-state index contributed by atoms with van der Waals surface area (Å²) in [5.41, 5.74) is 2.22. The van der Waals surface area contributed by atoms with Crippen LogP contribution in [0.15, 0.2) is 23.3 Å². The third-order valence-corrected chi connectivity index (χ3v) is 7.41. The van der Waals surface area contributed by atoms with E-state index in [-0.39, 0.29) is 30.4 Å². The van der Waals surface area contributed by atoms with Crippen molar-refractivity contribution in [2.45, 2.75) is 63.0 Å². The number of morpholine rings is 1. The minimum atomic E-state index is -2.63. The maximum atomic E-state index is 13.9. The Bertz CT molecular complexity index is 1290. The van der Waals surface area contributed by atoms with Gasteiger partial charge in [0.05, 0.1) is 29.4 Å². The molecule has 5 heterocycles. The molecule has 10 heteroatoms. The summed E-state index contributed by atoms with van der Waals surface area (Å²) < 4.78 is 37.3. The van der Waals surface area contributed by atoms with Crippen molar-refractivity contribution in [2.24, 2.45) is 7.05 Å². The van der Waals surface area contributed by atoms with Crippen LogP contribution >= 0.6 is 0 Å². The monoisotopic (exact) mass is 470 g/mol. The summed E-state index contributed by atoms with van der Waals surface area (Å²) in [5.74, 6) is -1.29. The van der Waals surface area contributed by atoms with Gasteiger partial charge in [0.15, 0.2) is 0 Å². The maximum Gasteiger partial charge on any atom is 0.261 e. The van der Waals surface area contributed by atoms with Crippen molar-refractivity contribution in [3.05, 3.63) is 45.9 Å². The molecular weight excluding hydrogens is 442 g/mol. The molecule has 3 aromatic heterocycles. The Morgan fingerprint density at radius 2 is 2.00 bits per heavy atom. The van der Waals surface area contributed by atoms with Crippen LogP contribution in [-0.4, -0.2) is 49.9 Å². The molecule has 1 aliphatic carbocycles. The molecule has 0 N–H and O–H groups in total. The number of fused-ring (bicyclic) bond motifs is 2. The van der Waals surface area contributed by atoms with Crippen molar-refractivity contribution < 1.29 is 13.5 Å². The first-order chi connectivity index (χ1) is 16.4. The quantitative estimate of drug-likeness (QED) is 0.584. The molecule has 6 rings (SSSR count). The van der Waals surface area contributed by atoms with Crippen LogP contribution < -0.4 is 10.5 Å². The summed E-state index contributed by atoms with van der Waals surface area (Å²) >= 11 is 0. The highest BCUT2D eigenvalue weighted by atomic mass is 19.3. The van der Waals surface area contributed by atoms with Gasteiger partial charge in [-0.2, -0.15) is 5.10 Å². The predicted molar refractivity (Wildman–Crippen MR) is 122 cm³/mol. The van der Waals surface area contributed by atoms with Crippen LogP contribution in [0.2, 0.25) is 0 Å². The number of aryl methyl sites for hydroxylation is 2. The fourth-order valence-electron chi connectivity index (χ4n) is 5.52. The third kappa shape index (κ3) is 3.77. The van der Waals surface area contributed by atoms with Crippen LogP contribution in [0.1, 0.15) is 61.2 Å². The van der Waals surface area contributed by atoms with E-state index in [1.165, 1.54) is 0 Å².